The molecular formula is C13H13FN2O2S. The molecule has 0 atom stereocenters. The van der Waals surface area contributed by atoms with Gasteiger partial charge in [0.15, 0.2) is 0 Å². The van der Waals surface area contributed by atoms with Gasteiger partial charge in [-0.1, -0.05) is 30.3 Å². The van der Waals surface area contributed by atoms with E-state index in [9.17, 15) is 12.8 Å². The van der Waals surface area contributed by atoms with Crippen molar-refractivity contribution in [2.24, 2.45) is 0 Å². The molecule has 0 aliphatic heterocycles. The summed E-state index contributed by atoms with van der Waals surface area (Å²) in [5.41, 5.74) is 6.27. The Bertz CT molecular complexity index is 672. The van der Waals surface area contributed by atoms with Gasteiger partial charge in [-0.3, -0.25) is 4.72 Å². The molecule has 0 spiro atoms. The van der Waals surface area contributed by atoms with Gasteiger partial charge < -0.3 is 5.73 Å². The molecule has 4 nitrogen and oxygen atoms in total. The molecule has 0 aliphatic carbocycles. The zero-order chi connectivity index (χ0) is 13.9. The van der Waals surface area contributed by atoms with Crippen LogP contribution >= 0.6 is 0 Å². The number of nitrogens with one attached hydrogen (secondary N) is 1. The fraction of sp³-hybridized carbons (Fsp3) is 0.0769. The largest absolute Gasteiger partial charge is 0.399 e. The van der Waals surface area contributed by atoms with Gasteiger partial charge >= 0.3 is 0 Å². The second-order valence-electron chi connectivity index (χ2n) is 4.09. The number of nitrogen functional groups attached to an aromatic ring is 1. The van der Waals surface area contributed by atoms with Crippen molar-refractivity contribution in [3.63, 3.8) is 0 Å². The molecule has 0 aromatic heterocycles. The van der Waals surface area contributed by atoms with E-state index in [0.717, 1.165) is 6.07 Å². The number of sulfonamides is 1. The van der Waals surface area contributed by atoms with Gasteiger partial charge in [0.05, 0.1) is 11.4 Å². The first-order valence-electron chi connectivity index (χ1n) is 5.56. The van der Waals surface area contributed by atoms with Crippen molar-refractivity contribution >= 4 is 21.4 Å². The van der Waals surface area contributed by atoms with Crippen LogP contribution in [0.5, 0.6) is 0 Å². The molecule has 100 valence electrons. The number of benzene rings is 2. The fourth-order valence-electron chi connectivity index (χ4n) is 1.62. The Kier molecular flexibility index (Phi) is 3.71. The van der Waals surface area contributed by atoms with Crippen LogP contribution in [-0.2, 0) is 15.8 Å². The maximum Gasteiger partial charge on any atom is 0.237 e. The summed E-state index contributed by atoms with van der Waals surface area (Å²) in [4.78, 5) is 0. The van der Waals surface area contributed by atoms with E-state index in [4.69, 9.17) is 5.73 Å². The molecule has 0 saturated carbocycles. The molecule has 0 radical (unpaired) electrons. The quantitative estimate of drug-likeness (QED) is 0.844. The summed E-state index contributed by atoms with van der Waals surface area (Å²) < 4.78 is 39.5. The molecule has 0 amide bonds. The molecule has 2 aromatic rings. The van der Waals surface area contributed by atoms with Gasteiger partial charge in [0.1, 0.15) is 5.82 Å². The smallest absolute Gasteiger partial charge is 0.237 e. The maximum absolute atomic E-state index is 13.5. The highest BCUT2D eigenvalue weighted by Crippen LogP contribution is 2.19. The van der Waals surface area contributed by atoms with E-state index in [1.807, 2.05) is 0 Å². The molecule has 0 bridgehead atoms. The average Bonchev–Trinajstić information content (AvgIpc) is 2.34. The van der Waals surface area contributed by atoms with Crippen molar-refractivity contribution < 1.29 is 12.8 Å². The van der Waals surface area contributed by atoms with E-state index in [1.165, 1.54) is 12.1 Å². The summed E-state index contributed by atoms with van der Waals surface area (Å²) in [7, 11) is -3.67. The van der Waals surface area contributed by atoms with Crippen molar-refractivity contribution in [1.29, 1.82) is 0 Å². The predicted octanol–water partition coefficient (Wildman–Crippen LogP) is 2.35. The molecule has 0 aliphatic rings. The van der Waals surface area contributed by atoms with Gasteiger partial charge in [-0.15, -0.1) is 0 Å². The van der Waals surface area contributed by atoms with Gasteiger partial charge in [-0.2, -0.15) is 0 Å². The standard InChI is InChI=1S/C13H13FN2O2S/c14-12-7-6-11(15)8-13(12)16-19(17,18)9-10-4-2-1-3-5-10/h1-8,16H,9,15H2. The summed E-state index contributed by atoms with van der Waals surface area (Å²) in [6, 6.07) is 12.4. The van der Waals surface area contributed by atoms with Crippen LogP contribution in [0.2, 0.25) is 0 Å². The molecule has 0 heterocycles. The topological polar surface area (TPSA) is 72.2 Å². The lowest BCUT2D eigenvalue weighted by atomic mass is 10.2. The van der Waals surface area contributed by atoms with Crippen molar-refractivity contribution in [2.75, 3.05) is 10.5 Å². The van der Waals surface area contributed by atoms with Crippen LogP contribution in [0.1, 0.15) is 5.56 Å². The Morgan fingerprint density at radius 1 is 1.11 bits per heavy atom. The summed E-state index contributed by atoms with van der Waals surface area (Å²) in [6.45, 7) is 0. The van der Waals surface area contributed by atoms with E-state index >= 15 is 0 Å². The van der Waals surface area contributed by atoms with Crippen LogP contribution < -0.4 is 10.5 Å². The molecule has 6 heteroatoms. The molecule has 19 heavy (non-hydrogen) atoms. The fourth-order valence-corrected chi connectivity index (χ4v) is 2.81. The normalized spacial score (nSPS) is 11.2. The SMILES string of the molecule is Nc1ccc(F)c(NS(=O)(=O)Cc2ccccc2)c1. The first-order chi connectivity index (χ1) is 8.96. The summed E-state index contributed by atoms with van der Waals surface area (Å²) in [5.74, 6) is -0.881. The molecule has 0 unspecified atom stereocenters. The van der Waals surface area contributed by atoms with Crippen molar-refractivity contribution in [1.82, 2.24) is 0 Å². The highest BCUT2D eigenvalue weighted by Gasteiger charge is 2.14. The third-order valence-electron chi connectivity index (χ3n) is 2.46. The third kappa shape index (κ3) is 3.69. The van der Waals surface area contributed by atoms with E-state index in [0.29, 0.717) is 11.3 Å². The van der Waals surface area contributed by atoms with Crippen LogP contribution in [0.3, 0.4) is 0 Å². The molecule has 2 aromatic carbocycles. The first-order valence-corrected chi connectivity index (χ1v) is 7.21. The Morgan fingerprint density at radius 3 is 2.47 bits per heavy atom. The Morgan fingerprint density at radius 2 is 1.79 bits per heavy atom. The second-order valence-corrected chi connectivity index (χ2v) is 5.81. The van der Waals surface area contributed by atoms with Gasteiger partial charge in [-0.05, 0) is 23.8 Å². The monoisotopic (exact) mass is 280 g/mol. The lowest BCUT2D eigenvalue weighted by Gasteiger charge is -2.09. The number of halogens is 1. The molecule has 0 saturated heterocycles. The second kappa shape index (κ2) is 5.27. The van der Waals surface area contributed by atoms with Crippen molar-refractivity contribution in [3.05, 3.63) is 59.9 Å². The van der Waals surface area contributed by atoms with Gasteiger partial charge in [0, 0.05) is 5.69 Å². The molecule has 0 fully saturated rings. The minimum Gasteiger partial charge on any atom is -0.399 e. The Balaban J connectivity index is 2.20. The van der Waals surface area contributed by atoms with Gasteiger partial charge in [0.2, 0.25) is 10.0 Å². The molecular weight excluding hydrogens is 267 g/mol. The number of hydrogen-bond donors (Lipinski definition) is 2. The van der Waals surface area contributed by atoms with Gasteiger partial charge in [-0.25, -0.2) is 12.8 Å². The predicted molar refractivity (Wildman–Crippen MR) is 73.5 cm³/mol. The lowest BCUT2D eigenvalue weighted by Crippen LogP contribution is -2.16. The van der Waals surface area contributed by atoms with Gasteiger partial charge in [0.25, 0.3) is 0 Å². The average molecular weight is 280 g/mol. The van der Waals surface area contributed by atoms with Crippen molar-refractivity contribution in [3.8, 4) is 0 Å². The summed E-state index contributed by atoms with van der Waals surface area (Å²) >= 11 is 0. The van der Waals surface area contributed by atoms with Crippen LogP contribution in [-0.4, -0.2) is 8.42 Å². The minimum absolute atomic E-state index is 0.143. The minimum atomic E-state index is -3.67. The number of rotatable bonds is 4. The van der Waals surface area contributed by atoms with E-state index in [-0.39, 0.29) is 11.4 Å². The summed E-state index contributed by atoms with van der Waals surface area (Å²) in [5, 5.41) is 0. The first kappa shape index (κ1) is 13.4. The number of nitrogens with two attached hydrogens (primary N) is 1. The molecule has 2 rings (SSSR count). The zero-order valence-corrected chi connectivity index (χ0v) is 10.8. The number of anilines is 2. The molecule has 3 N–H and O–H groups in total. The Hall–Kier alpha value is -2.08. The highest BCUT2D eigenvalue weighted by molar-refractivity contribution is 7.91. The van der Waals surface area contributed by atoms with Crippen LogP contribution in [0.15, 0.2) is 48.5 Å². The van der Waals surface area contributed by atoms with Crippen LogP contribution in [0.25, 0.3) is 0 Å². The van der Waals surface area contributed by atoms with Crippen molar-refractivity contribution in [2.45, 2.75) is 5.75 Å². The van der Waals surface area contributed by atoms with Crippen LogP contribution in [0.4, 0.5) is 15.8 Å². The highest BCUT2D eigenvalue weighted by atomic mass is 32.2. The van der Waals surface area contributed by atoms with E-state index < -0.39 is 15.8 Å². The number of hydrogen-bond acceptors (Lipinski definition) is 3. The zero-order valence-electron chi connectivity index (χ0n) is 10.0. The van der Waals surface area contributed by atoms with E-state index in [2.05, 4.69) is 4.72 Å². The maximum atomic E-state index is 13.5. The third-order valence-corrected chi connectivity index (χ3v) is 3.70. The van der Waals surface area contributed by atoms with Crippen LogP contribution in [0, 0.1) is 5.82 Å². The summed E-state index contributed by atoms with van der Waals surface area (Å²) in [6.07, 6.45) is 0. The van der Waals surface area contributed by atoms with E-state index in [1.54, 1.807) is 30.3 Å². The Labute approximate surface area is 111 Å². The lowest BCUT2D eigenvalue weighted by molar-refractivity contribution is 0.598.